The van der Waals surface area contributed by atoms with E-state index in [0.717, 1.165) is 18.8 Å². The molecule has 80 valence electrons. The van der Waals surface area contributed by atoms with Crippen LogP contribution in [0.5, 0.6) is 5.75 Å². The Hall–Kier alpha value is -0.980. The molecule has 0 radical (unpaired) electrons. The van der Waals surface area contributed by atoms with Crippen molar-refractivity contribution in [2.24, 2.45) is 0 Å². The zero-order chi connectivity index (χ0) is 10.6. The van der Waals surface area contributed by atoms with Gasteiger partial charge in [0, 0.05) is 0 Å². The smallest absolute Gasteiger partial charge is 0.119 e. The highest BCUT2D eigenvalue weighted by atomic mass is 16.5. The average Bonchev–Trinajstić information content (AvgIpc) is 2.21. The maximum atomic E-state index is 5.45. The number of hydrogen-bond donors (Lipinski definition) is 0. The molecule has 0 heterocycles. The molecule has 0 fully saturated rings. The van der Waals surface area contributed by atoms with E-state index in [2.05, 4.69) is 20.8 Å². The van der Waals surface area contributed by atoms with Gasteiger partial charge in [-0.2, -0.15) is 0 Å². The highest BCUT2D eigenvalue weighted by Crippen LogP contribution is 2.08. The molecule has 0 saturated heterocycles. The van der Waals surface area contributed by atoms with Crippen LogP contribution in [0.4, 0.5) is 0 Å². The molecule has 0 saturated carbocycles. The third kappa shape index (κ3) is 7.66. The second kappa shape index (κ2) is 10.1. The van der Waals surface area contributed by atoms with Gasteiger partial charge < -0.3 is 4.74 Å². The third-order valence-electron chi connectivity index (χ3n) is 1.51. The van der Waals surface area contributed by atoms with Crippen molar-refractivity contribution in [3.63, 3.8) is 0 Å². The topological polar surface area (TPSA) is 9.23 Å². The minimum Gasteiger partial charge on any atom is -0.494 e. The van der Waals surface area contributed by atoms with E-state index in [1.165, 1.54) is 12.8 Å². The normalized spacial score (nSPS) is 8.79. The maximum Gasteiger partial charge on any atom is 0.119 e. The number of para-hydroxylation sites is 1. The first kappa shape index (κ1) is 13.0. The summed E-state index contributed by atoms with van der Waals surface area (Å²) >= 11 is 0. The molecule has 0 unspecified atom stereocenters. The second-order valence-electron chi connectivity index (χ2n) is 3.22. The first-order valence-corrected chi connectivity index (χ1v) is 5.52. The minimum absolute atomic E-state index is 0.834. The molecule has 1 rings (SSSR count). The van der Waals surface area contributed by atoms with Crippen molar-refractivity contribution in [3.8, 4) is 5.75 Å². The van der Waals surface area contributed by atoms with Crippen LogP contribution in [0.25, 0.3) is 0 Å². The Morgan fingerprint density at radius 2 is 1.57 bits per heavy atom. The van der Waals surface area contributed by atoms with Crippen molar-refractivity contribution in [1.82, 2.24) is 0 Å². The van der Waals surface area contributed by atoms with Gasteiger partial charge in [0.2, 0.25) is 0 Å². The summed E-state index contributed by atoms with van der Waals surface area (Å²) in [6, 6.07) is 9.93. The summed E-state index contributed by atoms with van der Waals surface area (Å²) in [5.74, 6) is 0.973. The van der Waals surface area contributed by atoms with E-state index in [0.29, 0.717) is 0 Å². The summed E-state index contributed by atoms with van der Waals surface area (Å²) in [5, 5.41) is 0. The first-order valence-electron chi connectivity index (χ1n) is 5.52. The lowest BCUT2D eigenvalue weighted by Gasteiger charge is -2.03. The molecule has 0 N–H and O–H groups in total. The zero-order valence-electron chi connectivity index (χ0n) is 9.62. The van der Waals surface area contributed by atoms with E-state index in [-0.39, 0.29) is 0 Å². The summed E-state index contributed by atoms with van der Waals surface area (Å²) in [6.45, 7) is 7.24. The second-order valence-corrected chi connectivity index (χ2v) is 3.22. The monoisotopic (exact) mass is 194 g/mol. The molecular formula is C13H22O. The van der Waals surface area contributed by atoms with E-state index in [9.17, 15) is 0 Å². The van der Waals surface area contributed by atoms with E-state index >= 15 is 0 Å². The molecule has 0 aliphatic heterocycles. The molecule has 1 aromatic rings. The van der Waals surface area contributed by atoms with Crippen LogP contribution in [-0.4, -0.2) is 6.61 Å². The van der Waals surface area contributed by atoms with Crippen molar-refractivity contribution in [1.29, 1.82) is 0 Å². The molecule has 1 aromatic carbocycles. The van der Waals surface area contributed by atoms with Gasteiger partial charge in [0.1, 0.15) is 5.75 Å². The van der Waals surface area contributed by atoms with Gasteiger partial charge in [0.15, 0.2) is 0 Å². The van der Waals surface area contributed by atoms with Crippen molar-refractivity contribution in [2.45, 2.75) is 40.0 Å². The molecule has 1 nitrogen and oxygen atoms in total. The van der Waals surface area contributed by atoms with Crippen LogP contribution >= 0.6 is 0 Å². The van der Waals surface area contributed by atoms with Crippen LogP contribution in [0.2, 0.25) is 0 Å². The third-order valence-corrected chi connectivity index (χ3v) is 1.51. The Morgan fingerprint density at radius 1 is 1.00 bits per heavy atom. The Labute approximate surface area is 88.1 Å². The van der Waals surface area contributed by atoms with Gasteiger partial charge in [-0.25, -0.2) is 0 Å². The van der Waals surface area contributed by atoms with Gasteiger partial charge in [0.05, 0.1) is 6.61 Å². The molecule has 0 amide bonds. The molecule has 0 atom stereocenters. The number of ether oxygens (including phenoxy) is 1. The van der Waals surface area contributed by atoms with E-state index in [1.54, 1.807) is 0 Å². The lowest BCUT2D eigenvalue weighted by Crippen LogP contribution is -1.95. The van der Waals surface area contributed by atoms with Crippen LogP contribution in [-0.2, 0) is 0 Å². The average molecular weight is 194 g/mol. The number of hydrogen-bond acceptors (Lipinski definition) is 1. The molecule has 14 heavy (non-hydrogen) atoms. The quantitative estimate of drug-likeness (QED) is 0.650. The molecular weight excluding hydrogens is 172 g/mol. The molecule has 0 bridgehead atoms. The van der Waals surface area contributed by atoms with Crippen LogP contribution in [0, 0.1) is 0 Å². The predicted molar refractivity (Wildman–Crippen MR) is 62.8 cm³/mol. The van der Waals surface area contributed by atoms with Gasteiger partial charge in [-0.3, -0.25) is 0 Å². The molecule has 1 heteroatoms. The van der Waals surface area contributed by atoms with Crippen LogP contribution in [0.3, 0.4) is 0 Å². The summed E-state index contributed by atoms with van der Waals surface area (Å²) in [4.78, 5) is 0. The van der Waals surface area contributed by atoms with Gasteiger partial charge in [-0.05, 0) is 18.6 Å². The fourth-order valence-corrected chi connectivity index (χ4v) is 0.851. The maximum absolute atomic E-state index is 5.45. The van der Waals surface area contributed by atoms with Crippen LogP contribution in [0.1, 0.15) is 40.0 Å². The minimum atomic E-state index is 0.834. The Bertz CT molecular complexity index is 194. The van der Waals surface area contributed by atoms with Crippen LogP contribution < -0.4 is 4.74 Å². The summed E-state index contributed by atoms with van der Waals surface area (Å²) < 4.78 is 5.45. The Kier molecular flexibility index (Phi) is 9.40. The Morgan fingerprint density at radius 3 is 2.07 bits per heavy atom. The van der Waals surface area contributed by atoms with E-state index in [1.807, 2.05) is 30.3 Å². The highest BCUT2D eigenvalue weighted by Gasteiger charge is 1.88. The summed E-state index contributed by atoms with van der Waals surface area (Å²) in [6.07, 6.45) is 3.57. The molecule has 0 aliphatic rings. The number of benzene rings is 1. The van der Waals surface area contributed by atoms with Gasteiger partial charge in [0.25, 0.3) is 0 Å². The predicted octanol–water partition coefficient (Wildman–Crippen LogP) is 4.28. The first-order chi connectivity index (χ1) is 6.85. The zero-order valence-corrected chi connectivity index (χ0v) is 9.62. The largest absolute Gasteiger partial charge is 0.494 e. The van der Waals surface area contributed by atoms with Gasteiger partial charge in [-0.15, -0.1) is 0 Å². The fourth-order valence-electron chi connectivity index (χ4n) is 0.851. The van der Waals surface area contributed by atoms with E-state index < -0.39 is 0 Å². The van der Waals surface area contributed by atoms with Crippen molar-refractivity contribution >= 4 is 0 Å². The molecule has 0 spiro atoms. The summed E-state index contributed by atoms with van der Waals surface area (Å²) in [7, 11) is 0. The number of rotatable bonds is 4. The van der Waals surface area contributed by atoms with Crippen molar-refractivity contribution in [2.75, 3.05) is 6.61 Å². The molecule has 0 aliphatic carbocycles. The highest BCUT2D eigenvalue weighted by molar-refractivity contribution is 5.20. The van der Waals surface area contributed by atoms with Gasteiger partial charge >= 0.3 is 0 Å². The molecule has 0 aromatic heterocycles. The van der Waals surface area contributed by atoms with Crippen LogP contribution in [0.15, 0.2) is 30.3 Å². The van der Waals surface area contributed by atoms with Crippen molar-refractivity contribution in [3.05, 3.63) is 30.3 Å². The lowest BCUT2D eigenvalue weighted by molar-refractivity contribution is 0.309. The van der Waals surface area contributed by atoms with E-state index in [4.69, 9.17) is 4.74 Å². The lowest BCUT2D eigenvalue weighted by atomic mass is 10.3. The number of unbranched alkanes of at least 4 members (excludes halogenated alkanes) is 1. The SMILES string of the molecule is CCC.CCCCOc1ccccc1. The Balaban J connectivity index is 0.000000500. The fraction of sp³-hybridized carbons (Fsp3) is 0.538. The van der Waals surface area contributed by atoms with Gasteiger partial charge in [-0.1, -0.05) is 51.8 Å². The standard InChI is InChI=1S/C10H14O.C3H8/c1-2-3-9-11-10-7-5-4-6-8-10;1-3-2/h4-8H,2-3,9H2,1H3;3H2,1-2H3. The summed E-state index contributed by atoms with van der Waals surface area (Å²) in [5.41, 5.74) is 0. The van der Waals surface area contributed by atoms with Crippen molar-refractivity contribution < 1.29 is 4.74 Å².